The van der Waals surface area contributed by atoms with Crippen LogP contribution in [-0.2, 0) is 11.8 Å². The topological polar surface area (TPSA) is 43.2 Å². The fourth-order valence-electron chi connectivity index (χ4n) is 3.32. The minimum Gasteiger partial charge on any atom is -0.378 e. The van der Waals surface area contributed by atoms with E-state index in [-0.39, 0.29) is 5.82 Å². The number of morpholine rings is 1. The maximum Gasteiger partial charge on any atom is 0.148 e. The number of nitrogens with zero attached hydrogens (tertiary/aromatic N) is 4. The number of hydrogen-bond donors (Lipinski definition) is 0. The highest BCUT2D eigenvalue weighted by Crippen LogP contribution is 2.30. The molecule has 1 fully saturated rings. The van der Waals surface area contributed by atoms with Gasteiger partial charge in [0.15, 0.2) is 0 Å². The van der Waals surface area contributed by atoms with Gasteiger partial charge in [0.1, 0.15) is 11.6 Å². The number of aryl methyl sites for hydroxylation is 2. The number of halogens is 1. The SMILES string of the molecule is Cc1cc(-c2cnc(C)n2C)nc2cc(F)c(N3CCOCC3)cc12. The Morgan fingerprint density at radius 2 is 1.88 bits per heavy atom. The fraction of sp³-hybridized carbons (Fsp3) is 0.368. The summed E-state index contributed by atoms with van der Waals surface area (Å²) in [5, 5.41) is 0.977. The van der Waals surface area contributed by atoms with Gasteiger partial charge in [0.2, 0.25) is 0 Å². The van der Waals surface area contributed by atoms with E-state index in [9.17, 15) is 4.39 Å². The Bertz CT molecular complexity index is 944. The van der Waals surface area contributed by atoms with Gasteiger partial charge in [-0.2, -0.15) is 0 Å². The van der Waals surface area contributed by atoms with E-state index >= 15 is 0 Å². The van der Waals surface area contributed by atoms with Crippen molar-refractivity contribution >= 4 is 16.6 Å². The summed E-state index contributed by atoms with van der Waals surface area (Å²) in [4.78, 5) is 11.0. The van der Waals surface area contributed by atoms with E-state index < -0.39 is 0 Å². The van der Waals surface area contributed by atoms with Crippen LogP contribution in [0.15, 0.2) is 24.4 Å². The number of anilines is 1. The summed E-state index contributed by atoms with van der Waals surface area (Å²) < 4.78 is 22.1. The van der Waals surface area contributed by atoms with E-state index in [0.717, 1.165) is 28.2 Å². The molecule has 4 rings (SSSR count). The van der Waals surface area contributed by atoms with Gasteiger partial charge in [0.25, 0.3) is 0 Å². The van der Waals surface area contributed by atoms with Gasteiger partial charge in [-0.1, -0.05) is 0 Å². The molecule has 3 heterocycles. The van der Waals surface area contributed by atoms with Crippen LogP contribution < -0.4 is 4.90 Å². The van der Waals surface area contributed by atoms with Crippen molar-refractivity contribution in [1.29, 1.82) is 0 Å². The third kappa shape index (κ3) is 2.76. The highest BCUT2D eigenvalue weighted by molar-refractivity contribution is 5.88. The van der Waals surface area contributed by atoms with E-state index in [1.807, 2.05) is 42.5 Å². The van der Waals surface area contributed by atoms with Crippen LogP contribution in [0.1, 0.15) is 11.4 Å². The lowest BCUT2D eigenvalue weighted by Gasteiger charge is -2.29. The second-order valence-electron chi connectivity index (χ2n) is 6.49. The predicted octanol–water partition coefficient (Wildman–Crippen LogP) is 3.23. The Morgan fingerprint density at radius 1 is 1.12 bits per heavy atom. The minimum atomic E-state index is -0.236. The molecule has 2 aromatic heterocycles. The number of hydrogen-bond acceptors (Lipinski definition) is 4. The third-order valence-electron chi connectivity index (χ3n) is 4.92. The minimum absolute atomic E-state index is 0.236. The quantitative estimate of drug-likeness (QED) is 0.718. The van der Waals surface area contributed by atoms with Gasteiger partial charge >= 0.3 is 0 Å². The summed E-state index contributed by atoms with van der Waals surface area (Å²) in [7, 11) is 1.96. The molecule has 0 N–H and O–H groups in total. The molecule has 0 amide bonds. The van der Waals surface area contributed by atoms with Crippen LogP contribution in [0.4, 0.5) is 10.1 Å². The van der Waals surface area contributed by atoms with Gasteiger partial charge in [-0.05, 0) is 31.5 Å². The smallest absolute Gasteiger partial charge is 0.148 e. The summed E-state index contributed by atoms with van der Waals surface area (Å²) in [5.74, 6) is 0.683. The zero-order valence-electron chi connectivity index (χ0n) is 14.7. The molecule has 0 saturated carbocycles. The van der Waals surface area contributed by atoms with Crippen LogP contribution in [0, 0.1) is 19.7 Å². The van der Waals surface area contributed by atoms with E-state index in [4.69, 9.17) is 4.74 Å². The van der Waals surface area contributed by atoms with Crippen molar-refractivity contribution in [2.24, 2.45) is 7.05 Å². The van der Waals surface area contributed by atoms with Crippen LogP contribution in [0.2, 0.25) is 0 Å². The molecule has 5 nitrogen and oxygen atoms in total. The summed E-state index contributed by atoms with van der Waals surface area (Å²) in [6.07, 6.45) is 1.81. The number of fused-ring (bicyclic) bond motifs is 1. The summed E-state index contributed by atoms with van der Waals surface area (Å²) in [5.41, 5.74) is 4.12. The Kier molecular flexibility index (Phi) is 3.92. The first kappa shape index (κ1) is 16.0. The van der Waals surface area contributed by atoms with E-state index in [1.54, 1.807) is 12.3 Å². The fourth-order valence-corrected chi connectivity index (χ4v) is 3.32. The molecule has 25 heavy (non-hydrogen) atoms. The van der Waals surface area contributed by atoms with Crippen molar-refractivity contribution in [3.8, 4) is 11.4 Å². The van der Waals surface area contributed by atoms with Gasteiger partial charge in [-0.3, -0.25) is 0 Å². The first-order valence-corrected chi connectivity index (χ1v) is 8.47. The lowest BCUT2D eigenvalue weighted by atomic mass is 10.1. The molecule has 3 aromatic rings. The summed E-state index contributed by atoms with van der Waals surface area (Å²) >= 11 is 0. The normalized spacial score (nSPS) is 15.1. The van der Waals surface area contributed by atoms with Crippen molar-refractivity contribution < 1.29 is 9.13 Å². The van der Waals surface area contributed by atoms with Crippen molar-refractivity contribution in [3.05, 3.63) is 41.6 Å². The zero-order valence-corrected chi connectivity index (χ0v) is 14.7. The number of ether oxygens (including phenoxy) is 1. The Labute approximate surface area is 146 Å². The van der Waals surface area contributed by atoms with E-state index in [1.165, 1.54) is 0 Å². The molecule has 0 unspecified atom stereocenters. The van der Waals surface area contributed by atoms with Crippen LogP contribution in [-0.4, -0.2) is 40.8 Å². The number of pyridine rings is 1. The lowest BCUT2D eigenvalue weighted by molar-refractivity contribution is 0.122. The average molecular weight is 340 g/mol. The van der Waals surface area contributed by atoms with Gasteiger partial charge in [-0.15, -0.1) is 0 Å². The second-order valence-corrected chi connectivity index (χ2v) is 6.49. The molecule has 130 valence electrons. The molecule has 0 aliphatic carbocycles. The molecular weight excluding hydrogens is 319 g/mol. The van der Waals surface area contributed by atoms with Gasteiger partial charge < -0.3 is 14.2 Å². The first-order chi connectivity index (χ1) is 12.0. The van der Waals surface area contributed by atoms with Crippen molar-refractivity contribution in [2.75, 3.05) is 31.2 Å². The molecule has 0 spiro atoms. The molecule has 6 heteroatoms. The van der Waals surface area contributed by atoms with Crippen LogP contribution >= 0.6 is 0 Å². The maximum atomic E-state index is 14.7. The molecule has 0 atom stereocenters. The third-order valence-corrected chi connectivity index (χ3v) is 4.92. The van der Waals surface area contributed by atoms with Gasteiger partial charge in [0, 0.05) is 31.6 Å². The molecule has 1 aromatic carbocycles. The summed E-state index contributed by atoms with van der Waals surface area (Å²) in [6.45, 7) is 6.67. The van der Waals surface area contributed by atoms with E-state index in [0.29, 0.717) is 37.5 Å². The number of aromatic nitrogens is 3. The Morgan fingerprint density at radius 3 is 2.56 bits per heavy atom. The average Bonchev–Trinajstić information content (AvgIpc) is 2.94. The molecule has 1 saturated heterocycles. The Balaban J connectivity index is 1.83. The van der Waals surface area contributed by atoms with Crippen molar-refractivity contribution in [1.82, 2.24) is 14.5 Å². The number of benzene rings is 1. The van der Waals surface area contributed by atoms with E-state index in [2.05, 4.69) is 9.97 Å². The molecule has 1 aliphatic rings. The largest absolute Gasteiger partial charge is 0.378 e. The maximum absolute atomic E-state index is 14.7. The van der Waals surface area contributed by atoms with Crippen LogP contribution in [0.3, 0.4) is 0 Å². The zero-order chi connectivity index (χ0) is 17.6. The first-order valence-electron chi connectivity index (χ1n) is 8.47. The van der Waals surface area contributed by atoms with Crippen molar-refractivity contribution in [3.63, 3.8) is 0 Å². The van der Waals surface area contributed by atoms with Crippen LogP contribution in [0.5, 0.6) is 0 Å². The predicted molar refractivity (Wildman–Crippen MR) is 96.4 cm³/mol. The number of imidazole rings is 1. The highest BCUT2D eigenvalue weighted by Gasteiger charge is 2.18. The monoisotopic (exact) mass is 340 g/mol. The summed E-state index contributed by atoms with van der Waals surface area (Å²) in [6, 6.07) is 5.50. The standard InChI is InChI=1S/C19H21FN4O/c1-12-8-17(19-11-21-13(2)23(19)3)22-16-10-15(20)18(9-14(12)16)24-4-6-25-7-5-24/h8-11H,4-7H2,1-3H3. The Hall–Kier alpha value is -2.47. The molecule has 0 bridgehead atoms. The highest BCUT2D eigenvalue weighted by atomic mass is 19.1. The van der Waals surface area contributed by atoms with Crippen LogP contribution in [0.25, 0.3) is 22.3 Å². The van der Waals surface area contributed by atoms with Gasteiger partial charge in [-0.25, -0.2) is 14.4 Å². The number of rotatable bonds is 2. The molecular formula is C19H21FN4O. The second kappa shape index (κ2) is 6.11. The van der Waals surface area contributed by atoms with Gasteiger partial charge in [0.05, 0.1) is 42.0 Å². The van der Waals surface area contributed by atoms with Crippen molar-refractivity contribution in [2.45, 2.75) is 13.8 Å². The lowest BCUT2D eigenvalue weighted by Crippen LogP contribution is -2.36. The molecule has 1 aliphatic heterocycles. The molecule has 0 radical (unpaired) electrons.